The topological polar surface area (TPSA) is 201 Å². The first kappa shape index (κ1) is 38.5. The van der Waals surface area contributed by atoms with E-state index in [1.165, 1.54) is 25.3 Å². The van der Waals surface area contributed by atoms with Crippen molar-refractivity contribution in [3.05, 3.63) is 71.8 Å². The summed E-state index contributed by atoms with van der Waals surface area (Å²) in [5.41, 5.74) is 1.91. The Bertz CT molecular complexity index is 1990. The van der Waals surface area contributed by atoms with E-state index in [9.17, 15) is 28.8 Å². The number of carbonyl (C=O) groups excluding carboxylic acids is 6. The molecule has 0 aliphatic heterocycles. The van der Waals surface area contributed by atoms with E-state index in [2.05, 4.69) is 31.3 Å². The Morgan fingerprint density at radius 2 is 0.942 bits per heavy atom. The van der Waals surface area contributed by atoms with Gasteiger partial charge in [-0.05, 0) is 57.9 Å². The number of nitrogens with one attached hydrogen (secondary N) is 5. The number of anilines is 4. The van der Waals surface area contributed by atoms with E-state index in [4.69, 9.17) is 4.74 Å². The second-order valence-electron chi connectivity index (χ2n) is 13.2. The lowest BCUT2D eigenvalue weighted by atomic mass is 10.2. The van der Waals surface area contributed by atoms with Crippen molar-refractivity contribution >= 4 is 58.4 Å². The Labute approximate surface area is 300 Å². The fourth-order valence-corrected chi connectivity index (χ4v) is 5.23. The Balaban J connectivity index is 1.33. The zero-order valence-electron chi connectivity index (χ0n) is 30.5. The summed E-state index contributed by atoms with van der Waals surface area (Å²) in [6, 6.07) is 6.09. The molecule has 4 rings (SSSR count). The van der Waals surface area contributed by atoms with E-state index < -0.39 is 29.4 Å². The minimum atomic E-state index is -0.680. The maximum absolute atomic E-state index is 13.2. The van der Waals surface area contributed by atoms with Crippen molar-refractivity contribution in [2.24, 2.45) is 28.2 Å². The zero-order valence-corrected chi connectivity index (χ0v) is 30.5. The molecule has 0 atom stereocenters. The van der Waals surface area contributed by atoms with Crippen molar-refractivity contribution in [2.45, 2.75) is 45.6 Å². The van der Waals surface area contributed by atoms with Gasteiger partial charge in [0.05, 0.1) is 29.9 Å². The summed E-state index contributed by atoms with van der Waals surface area (Å²) >= 11 is 0. The molecular weight excluding hydrogens is 674 g/mol. The number of esters is 1. The van der Waals surface area contributed by atoms with Crippen LogP contribution in [0.1, 0.15) is 82.0 Å². The highest BCUT2D eigenvalue weighted by molar-refractivity contribution is 6.09. The number of aryl methyl sites for hydroxylation is 4. The van der Waals surface area contributed by atoms with Crippen molar-refractivity contribution in [3.63, 3.8) is 0 Å². The predicted molar refractivity (Wildman–Crippen MR) is 194 cm³/mol. The molecular formula is C35H45N9O8. The number of rotatable bonds is 13. The van der Waals surface area contributed by atoms with Crippen LogP contribution in [0, 0.1) is 0 Å². The average Bonchev–Trinajstić information content (AvgIpc) is 3.80. The number of ether oxygens (including phenoxy) is 2. The average molecular weight is 720 g/mol. The molecule has 0 bridgehead atoms. The molecule has 0 unspecified atom stereocenters. The molecule has 5 amide bonds. The van der Waals surface area contributed by atoms with Crippen LogP contribution in [0.25, 0.3) is 0 Å². The number of unbranched alkanes of at least 4 members (excludes halogenated alkanes) is 1. The SMILES string of the molecule is COC(=O)CCCCNC(=O)c1cc(NC(=O)c2cc(NC(=O)c3cc(NC(=O)c4cc(NC(=O)OC(C)(C)C)cn4C)cn3C)cn2C)cn1C. The monoisotopic (exact) mass is 719 g/mol. The summed E-state index contributed by atoms with van der Waals surface area (Å²) in [6.45, 7) is 5.62. The van der Waals surface area contributed by atoms with Gasteiger partial charge in [-0.15, -0.1) is 0 Å². The molecule has 278 valence electrons. The molecule has 5 N–H and O–H groups in total. The fraction of sp³-hybridized carbons (Fsp3) is 0.371. The molecule has 17 heteroatoms. The number of hydrogen-bond acceptors (Lipinski definition) is 8. The molecule has 4 heterocycles. The number of carbonyl (C=O) groups is 6. The zero-order chi connectivity index (χ0) is 38.3. The first-order chi connectivity index (χ1) is 24.4. The predicted octanol–water partition coefficient (Wildman–Crippen LogP) is 4.22. The van der Waals surface area contributed by atoms with Gasteiger partial charge in [-0.25, -0.2) is 4.79 Å². The first-order valence-electron chi connectivity index (χ1n) is 16.4. The van der Waals surface area contributed by atoms with E-state index in [0.717, 1.165) is 0 Å². The lowest BCUT2D eigenvalue weighted by Gasteiger charge is -2.19. The third-order valence-corrected chi connectivity index (χ3v) is 7.69. The third kappa shape index (κ3) is 10.1. The number of aromatic nitrogens is 4. The van der Waals surface area contributed by atoms with Crippen LogP contribution in [0.3, 0.4) is 0 Å². The maximum atomic E-state index is 13.2. The van der Waals surface area contributed by atoms with Crippen molar-refractivity contribution < 1.29 is 38.2 Å². The second kappa shape index (κ2) is 16.2. The van der Waals surface area contributed by atoms with Crippen LogP contribution in [0.5, 0.6) is 0 Å². The normalized spacial score (nSPS) is 11.1. The molecule has 0 aliphatic rings. The summed E-state index contributed by atoms with van der Waals surface area (Å²) in [5, 5.41) is 13.7. The Morgan fingerprint density at radius 1 is 0.577 bits per heavy atom. The molecule has 0 saturated carbocycles. The summed E-state index contributed by atoms with van der Waals surface area (Å²) < 4.78 is 16.1. The minimum absolute atomic E-state index is 0.239. The van der Waals surface area contributed by atoms with Gasteiger partial charge in [-0.3, -0.25) is 29.3 Å². The van der Waals surface area contributed by atoms with Gasteiger partial charge >= 0.3 is 12.1 Å². The quantitative estimate of drug-likeness (QED) is 0.0999. The third-order valence-electron chi connectivity index (χ3n) is 7.69. The van der Waals surface area contributed by atoms with Crippen LogP contribution >= 0.6 is 0 Å². The summed E-state index contributed by atoms with van der Waals surface area (Å²) in [5.74, 6) is -2.03. The molecule has 4 aromatic heterocycles. The first-order valence-corrected chi connectivity index (χ1v) is 16.4. The van der Waals surface area contributed by atoms with Crippen molar-refractivity contribution in [3.8, 4) is 0 Å². The van der Waals surface area contributed by atoms with E-state index in [-0.39, 0.29) is 35.4 Å². The molecule has 0 aliphatic carbocycles. The molecule has 0 aromatic carbocycles. The summed E-state index contributed by atoms with van der Waals surface area (Å²) in [4.78, 5) is 75.5. The lowest BCUT2D eigenvalue weighted by Crippen LogP contribution is -2.27. The standard InChI is InChI=1S/C35H45N9O8/c1-35(2,3)52-34(50)40-24-16-28(44(7)20-24)33(49)39-23-15-27(43(6)19-23)32(48)38-22-14-26(42(5)18-22)31(47)37-21-13-25(41(4)17-21)30(46)36-12-10-9-11-29(45)51-8/h13-20H,9-12H2,1-8H3,(H,36,46)(H,37,47)(H,38,48)(H,39,49)(H,40,50). The lowest BCUT2D eigenvalue weighted by molar-refractivity contribution is -0.140. The van der Waals surface area contributed by atoms with E-state index in [1.807, 2.05) is 0 Å². The van der Waals surface area contributed by atoms with E-state index in [0.29, 0.717) is 47.8 Å². The largest absolute Gasteiger partial charge is 0.469 e. The van der Waals surface area contributed by atoms with Gasteiger partial charge in [-0.1, -0.05) is 0 Å². The van der Waals surface area contributed by atoms with Crippen LogP contribution in [0.2, 0.25) is 0 Å². The minimum Gasteiger partial charge on any atom is -0.469 e. The number of methoxy groups -OCH3 is 1. The molecule has 0 radical (unpaired) electrons. The fourth-order valence-electron chi connectivity index (χ4n) is 5.23. The van der Waals surface area contributed by atoms with Gasteiger partial charge in [0, 0.05) is 65.9 Å². The smallest absolute Gasteiger partial charge is 0.412 e. The molecule has 0 saturated heterocycles. The Kier molecular flexibility index (Phi) is 12.0. The van der Waals surface area contributed by atoms with Gasteiger partial charge < -0.3 is 49.0 Å². The molecule has 0 spiro atoms. The van der Waals surface area contributed by atoms with Crippen LogP contribution in [0.15, 0.2) is 49.1 Å². The highest BCUT2D eigenvalue weighted by atomic mass is 16.6. The number of amides is 5. The van der Waals surface area contributed by atoms with Crippen molar-refractivity contribution in [2.75, 3.05) is 34.9 Å². The van der Waals surface area contributed by atoms with Gasteiger partial charge in [-0.2, -0.15) is 0 Å². The van der Waals surface area contributed by atoms with Gasteiger partial charge in [0.2, 0.25) is 0 Å². The van der Waals surface area contributed by atoms with Gasteiger partial charge in [0.15, 0.2) is 0 Å². The number of nitrogens with zero attached hydrogens (tertiary/aromatic N) is 4. The van der Waals surface area contributed by atoms with Crippen LogP contribution < -0.4 is 26.6 Å². The molecule has 0 fully saturated rings. The van der Waals surface area contributed by atoms with Crippen molar-refractivity contribution in [1.82, 2.24) is 23.6 Å². The summed E-state index contributed by atoms with van der Waals surface area (Å²) in [6.07, 6.45) is 7.17. The van der Waals surface area contributed by atoms with E-state index in [1.54, 1.807) is 98.1 Å². The Morgan fingerprint density at radius 3 is 1.31 bits per heavy atom. The maximum Gasteiger partial charge on any atom is 0.412 e. The van der Waals surface area contributed by atoms with E-state index >= 15 is 0 Å². The summed E-state index contributed by atoms with van der Waals surface area (Å²) in [7, 11) is 7.98. The van der Waals surface area contributed by atoms with Crippen LogP contribution in [-0.4, -0.2) is 73.2 Å². The van der Waals surface area contributed by atoms with Crippen LogP contribution in [-0.2, 0) is 42.5 Å². The highest BCUT2D eigenvalue weighted by Crippen LogP contribution is 2.21. The highest BCUT2D eigenvalue weighted by Gasteiger charge is 2.21. The van der Waals surface area contributed by atoms with Crippen molar-refractivity contribution in [1.29, 1.82) is 0 Å². The molecule has 4 aromatic rings. The molecule has 52 heavy (non-hydrogen) atoms. The van der Waals surface area contributed by atoms with Gasteiger partial charge in [0.1, 0.15) is 28.4 Å². The molecule has 17 nitrogen and oxygen atoms in total. The van der Waals surface area contributed by atoms with Crippen LogP contribution in [0.4, 0.5) is 27.5 Å². The second-order valence-corrected chi connectivity index (χ2v) is 13.2. The number of hydrogen-bond donors (Lipinski definition) is 5. The van der Waals surface area contributed by atoms with Gasteiger partial charge in [0.25, 0.3) is 23.6 Å². The Hall–Kier alpha value is -6.26.